The van der Waals surface area contributed by atoms with Crippen LogP contribution in [0.2, 0.25) is 0 Å². The molecule has 0 spiro atoms. The van der Waals surface area contributed by atoms with Crippen LogP contribution in [-0.4, -0.2) is 12.3 Å². The number of halogens is 2. The number of alkyl halides is 2. The van der Waals surface area contributed by atoms with E-state index < -0.39 is 5.76 Å². The van der Waals surface area contributed by atoms with E-state index in [4.69, 9.17) is 0 Å². The number of hydrogen-bond acceptors (Lipinski definition) is 2. The first kappa shape index (κ1) is 14.6. The van der Waals surface area contributed by atoms with Crippen molar-refractivity contribution in [2.75, 3.05) is 11.9 Å². The van der Waals surface area contributed by atoms with Crippen LogP contribution >= 0.6 is 11.8 Å². The Kier molecular flexibility index (Phi) is 5.18. The van der Waals surface area contributed by atoms with Gasteiger partial charge in [-0.3, -0.25) is 0 Å². The zero-order valence-corrected chi connectivity index (χ0v) is 11.7. The molecule has 2 rings (SSSR count). The number of para-hydroxylation sites is 1. The lowest BCUT2D eigenvalue weighted by molar-refractivity contribution is 0.252. The molecule has 1 N–H and O–H groups in total. The van der Waals surface area contributed by atoms with Crippen molar-refractivity contribution in [3.63, 3.8) is 0 Å². The van der Waals surface area contributed by atoms with E-state index in [2.05, 4.69) is 11.9 Å². The fraction of sp³-hybridized carbons (Fsp3) is 0.125. The Bertz CT molecular complexity index is 570. The molecule has 0 fully saturated rings. The Morgan fingerprint density at radius 1 is 1.05 bits per heavy atom. The molecule has 0 heterocycles. The number of hydrogen-bond donors (Lipinski definition) is 1. The summed E-state index contributed by atoms with van der Waals surface area (Å²) < 4.78 is 25.0. The highest BCUT2D eigenvalue weighted by Gasteiger charge is 2.09. The van der Waals surface area contributed by atoms with Gasteiger partial charge in [-0.15, -0.1) is 0 Å². The predicted molar refractivity (Wildman–Crippen MR) is 82.3 cm³/mol. The normalized spacial score (nSPS) is 10.6. The summed E-state index contributed by atoms with van der Waals surface area (Å²) in [6.45, 7) is 4.53. The summed E-state index contributed by atoms with van der Waals surface area (Å²) in [6.07, 6.45) is 0. The average molecular weight is 291 g/mol. The molecule has 4 heteroatoms. The third-order valence-corrected chi connectivity index (χ3v) is 3.57. The molecule has 0 aliphatic carbocycles. The molecule has 0 aliphatic rings. The quantitative estimate of drug-likeness (QED) is 0.741. The maximum Gasteiger partial charge on any atom is 0.288 e. The lowest BCUT2D eigenvalue weighted by Crippen LogP contribution is -2.04. The third-order valence-electron chi connectivity index (χ3n) is 2.78. The molecule has 2 aromatic carbocycles. The molecule has 0 unspecified atom stereocenters. The van der Waals surface area contributed by atoms with Gasteiger partial charge < -0.3 is 5.32 Å². The van der Waals surface area contributed by atoms with Crippen molar-refractivity contribution in [3.8, 4) is 0 Å². The first-order valence-electron chi connectivity index (χ1n) is 6.17. The third kappa shape index (κ3) is 4.10. The largest absolute Gasteiger partial charge is 0.380 e. The molecular weight excluding hydrogens is 276 g/mol. The van der Waals surface area contributed by atoms with Crippen LogP contribution in [0.5, 0.6) is 0 Å². The van der Waals surface area contributed by atoms with Crippen LogP contribution in [-0.2, 0) is 0 Å². The van der Waals surface area contributed by atoms with E-state index >= 15 is 0 Å². The molecule has 0 radical (unpaired) electrons. The monoisotopic (exact) mass is 291 g/mol. The first-order chi connectivity index (χ1) is 9.66. The van der Waals surface area contributed by atoms with E-state index in [1.807, 2.05) is 36.4 Å². The van der Waals surface area contributed by atoms with Crippen molar-refractivity contribution in [3.05, 3.63) is 66.7 Å². The zero-order valence-electron chi connectivity index (χ0n) is 10.9. The Labute approximate surface area is 121 Å². The van der Waals surface area contributed by atoms with Crippen LogP contribution < -0.4 is 5.32 Å². The molecule has 2 aromatic rings. The van der Waals surface area contributed by atoms with Gasteiger partial charge >= 0.3 is 0 Å². The topological polar surface area (TPSA) is 12.0 Å². The summed E-state index contributed by atoms with van der Waals surface area (Å²) in [7, 11) is 0. The summed E-state index contributed by atoms with van der Waals surface area (Å²) >= 11 is 0.547. The van der Waals surface area contributed by atoms with Gasteiger partial charge in [0.15, 0.2) is 0 Å². The van der Waals surface area contributed by atoms with Gasteiger partial charge in [0.2, 0.25) is 0 Å². The van der Waals surface area contributed by atoms with Gasteiger partial charge in [-0.25, -0.2) is 0 Å². The minimum atomic E-state index is -2.42. The zero-order chi connectivity index (χ0) is 14.4. The van der Waals surface area contributed by atoms with Gasteiger partial charge in [-0.05, 0) is 23.3 Å². The Hall–Kier alpha value is -1.81. The number of nitrogens with one attached hydrogen (secondary N) is 1. The smallest absolute Gasteiger partial charge is 0.288 e. The molecule has 0 atom stereocenters. The van der Waals surface area contributed by atoms with Crippen molar-refractivity contribution in [2.24, 2.45) is 0 Å². The molecule has 0 aliphatic heterocycles. The maximum absolute atomic E-state index is 12.5. The van der Waals surface area contributed by atoms with Crippen LogP contribution in [0.15, 0.2) is 66.1 Å². The molecule has 0 bridgehead atoms. The number of anilines is 1. The van der Waals surface area contributed by atoms with Crippen molar-refractivity contribution in [1.82, 2.24) is 0 Å². The second-order valence-corrected chi connectivity index (χ2v) is 5.23. The minimum Gasteiger partial charge on any atom is -0.380 e. The molecule has 104 valence electrons. The Morgan fingerprint density at radius 3 is 2.40 bits per heavy atom. The van der Waals surface area contributed by atoms with E-state index in [1.165, 1.54) is 0 Å². The van der Waals surface area contributed by atoms with E-state index in [0.717, 1.165) is 11.1 Å². The summed E-state index contributed by atoms with van der Waals surface area (Å²) in [5.41, 5.74) is 2.66. The van der Waals surface area contributed by atoms with Crippen LogP contribution in [0.3, 0.4) is 0 Å². The maximum atomic E-state index is 12.5. The molecule has 0 amide bonds. The van der Waals surface area contributed by atoms with E-state index in [1.54, 1.807) is 18.2 Å². The lowest BCUT2D eigenvalue weighted by Gasteiger charge is -2.13. The fourth-order valence-corrected chi connectivity index (χ4v) is 2.41. The summed E-state index contributed by atoms with van der Waals surface area (Å²) in [4.78, 5) is 0.545. The summed E-state index contributed by atoms with van der Waals surface area (Å²) in [5.74, 6) is -2.42. The molecule has 0 aromatic heterocycles. The van der Waals surface area contributed by atoms with Gasteiger partial charge in [-0.1, -0.05) is 60.8 Å². The second kappa shape index (κ2) is 7.10. The number of rotatable bonds is 6. The van der Waals surface area contributed by atoms with Crippen LogP contribution in [0.1, 0.15) is 5.56 Å². The van der Waals surface area contributed by atoms with E-state index in [-0.39, 0.29) is 0 Å². The minimum absolute atomic E-state index is 0.519. The summed E-state index contributed by atoms with van der Waals surface area (Å²) in [5, 5.41) is 3.16. The van der Waals surface area contributed by atoms with Crippen LogP contribution in [0, 0.1) is 0 Å². The van der Waals surface area contributed by atoms with Gasteiger partial charge in [0, 0.05) is 17.1 Å². The van der Waals surface area contributed by atoms with Gasteiger partial charge in [0.25, 0.3) is 5.76 Å². The highest BCUT2D eigenvalue weighted by atomic mass is 32.2. The molecule has 0 saturated heterocycles. The van der Waals surface area contributed by atoms with Crippen LogP contribution in [0.25, 0.3) is 5.57 Å². The predicted octanol–water partition coefficient (Wildman–Crippen LogP) is 5.13. The van der Waals surface area contributed by atoms with Gasteiger partial charge in [0.05, 0.1) is 0 Å². The van der Waals surface area contributed by atoms with Gasteiger partial charge in [-0.2, -0.15) is 8.78 Å². The molecule has 20 heavy (non-hydrogen) atoms. The first-order valence-corrected chi connectivity index (χ1v) is 7.05. The average Bonchev–Trinajstić information content (AvgIpc) is 2.46. The SMILES string of the molecule is C=C(CNc1ccccc1SC(F)F)c1ccccc1. The lowest BCUT2D eigenvalue weighted by atomic mass is 10.1. The van der Waals surface area contributed by atoms with Crippen molar-refractivity contribution in [2.45, 2.75) is 10.7 Å². The Morgan fingerprint density at radius 2 is 1.70 bits per heavy atom. The second-order valence-electron chi connectivity index (χ2n) is 4.20. The van der Waals surface area contributed by atoms with Crippen molar-refractivity contribution < 1.29 is 8.78 Å². The number of benzene rings is 2. The molecular formula is C16H15F2NS. The van der Waals surface area contributed by atoms with E-state index in [9.17, 15) is 8.78 Å². The number of thioether (sulfide) groups is 1. The van der Waals surface area contributed by atoms with Gasteiger partial charge in [0.1, 0.15) is 0 Å². The molecule has 1 nitrogen and oxygen atoms in total. The highest BCUT2D eigenvalue weighted by molar-refractivity contribution is 7.99. The van der Waals surface area contributed by atoms with E-state index in [0.29, 0.717) is 28.9 Å². The summed E-state index contributed by atoms with van der Waals surface area (Å²) in [6, 6.07) is 16.8. The molecule has 0 saturated carbocycles. The van der Waals surface area contributed by atoms with Crippen molar-refractivity contribution in [1.29, 1.82) is 0 Å². The fourth-order valence-electron chi connectivity index (χ4n) is 1.79. The van der Waals surface area contributed by atoms with Crippen molar-refractivity contribution >= 4 is 23.0 Å². The Balaban J connectivity index is 2.02. The van der Waals surface area contributed by atoms with Crippen LogP contribution in [0.4, 0.5) is 14.5 Å². The standard InChI is InChI=1S/C16H15F2NS/c1-12(13-7-3-2-4-8-13)11-19-14-9-5-6-10-15(14)20-16(17)18/h2-10,16,19H,1,11H2. The highest BCUT2D eigenvalue weighted by Crippen LogP contribution is 2.31.